The van der Waals surface area contributed by atoms with E-state index >= 15 is 0 Å². The number of hydrogen-bond acceptors (Lipinski definition) is 5. The summed E-state index contributed by atoms with van der Waals surface area (Å²) in [6.45, 7) is 14.9. The van der Waals surface area contributed by atoms with Crippen LogP contribution in [0.5, 0.6) is 0 Å². The number of carbonyl (C=O) groups excluding carboxylic acids is 2. The topological polar surface area (TPSA) is 83.8 Å². The maximum Gasteiger partial charge on any atom is 0.184 e. The Morgan fingerprint density at radius 2 is 1.68 bits per heavy atom. The van der Waals surface area contributed by atoms with Gasteiger partial charge in [0.1, 0.15) is 23.2 Å². The van der Waals surface area contributed by atoms with Crippen LogP contribution in [-0.2, 0) is 14.3 Å². The Morgan fingerprint density at radius 3 is 2.10 bits per heavy atom. The van der Waals surface area contributed by atoms with E-state index in [1.54, 1.807) is 13.8 Å². The van der Waals surface area contributed by atoms with Crippen LogP contribution in [-0.4, -0.2) is 33.5 Å². The molecule has 2 rings (SSSR count). The average molecular weight is 431 g/mol. The van der Waals surface area contributed by atoms with Gasteiger partial charge in [0.2, 0.25) is 0 Å². The molecule has 0 bridgehead atoms. The second kappa shape index (κ2) is 9.15. The first kappa shape index (κ1) is 25.1. The zero-order valence-corrected chi connectivity index (χ0v) is 20.3. The van der Waals surface area contributed by atoms with Crippen LogP contribution < -0.4 is 0 Å². The molecule has 1 heterocycles. The summed E-state index contributed by atoms with van der Waals surface area (Å²) in [6, 6.07) is 0. The Kier molecular flexibility index (Phi) is 7.42. The van der Waals surface area contributed by atoms with Gasteiger partial charge in [-0.05, 0) is 60.3 Å². The van der Waals surface area contributed by atoms with Gasteiger partial charge in [-0.15, -0.1) is 0 Å². The fourth-order valence-corrected chi connectivity index (χ4v) is 4.02. The summed E-state index contributed by atoms with van der Waals surface area (Å²) < 4.78 is 5.97. The standard InChI is InChI=1S/C26H38O5/c1-15(2)9-11-26(12-10-16(3)4)23(28)18-14-20(25(7,8)30)31-22(18)21(24(26)29)19(27)13-17(5)6/h9-10,17,20,28,30H,11-14H2,1-8H3. The van der Waals surface area contributed by atoms with Gasteiger partial charge < -0.3 is 14.9 Å². The lowest BCUT2D eigenvalue weighted by Gasteiger charge is -2.35. The normalized spacial score (nSPS) is 20.6. The molecule has 5 nitrogen and oxygen atoms in total. The fourth-order valence-electron chi connectivity index (χ4n) is 4.02. The lowest BCUT2D eigenvalue weighted by molar-refractivity contribution is -0.128. The molecule has 0 aromatic carbocycles. The van der Waals surface area contributed by atoms with Crippen molar-refractivity contribution >= 4 is 11.6 Å². The van der Waals surface area contributed by atoms with Gasteiger partial charge in [-0.3, -0.25) is 9.59 Å². The molecular weight excluding hydrogens is 392 g/mol. The Bertz CT molecular complexity index is 846. The highest BCUT2D eigenvalue weighted by atomic mass is 16.5. The number of aliphatic hydroxyl groups is 2. The summed E-state index contributed by atoms with van der Waals surface area (Å²) in [5.74, 6) is -0.454. The molecule has 1 unspecified atom stereocenters. The molecule has 0 saturated carbocycles. The number of aliphatic hydroxyl groups excluding tert-OH is 1. The average Bonchev–Trinajstić information content (AvgIpc) is 3.05. The summed E-state index contributed by atoms with van der Waals surface area (Å²) in [7, 11) is 0. The van der Waals surface area contributed by atoms with Crippen LogP contribution in [0.25, 0.3) is 0 Å². The first-order valence-corrected chi connectivity index (χ1v) is 11.1. The Balaban J connectivity index is 2.76. The van der Waals surface area contributed by atoms with E-state index in [1.807, 2.05) is 53.7 Å². The van der Waals surface area contributed by atoms with E-state index in [1.165, 1.54) is 0 Å². The Labute approximate surface area is 186 Å². The Morgan fingerprint density at radius 1 is 1.16 bits per heavy atom. The zero-order valence-electron chi connectivity index (χ0n) is 20.3. The number of ether oxygens (including phenoxy) is 1. The third-order valence-electron chi connectivity index (χ3n) is 5.93. The molecule has 1 aliphatic carbocycles. The molecule has 0 spiro atoms. The maximum absolute atomic E-state index is 13.9. The molecular formula is C26H38O5. The zero-order chi connectivity index (χ0) is 23.7. The van der Waals surface area contributed by atoms with Gasteiger partial charge in [-0.1, -0.05) is 37.1 Å². The van der Waals surface area contributed by atoms with E-state index in [9.17, 15) is 19.8 Å². The molecule has 0 aromatic heterocycles. The molecule has 31 heavy (non-hydrogen) atoms. The Hall–Kier alpha value is -2.14. The quantitative estimate of drug-likeness (QED) is 0.392. The minimum Gasteiger partial charge on any atom is -0.511 e. The van der Waals surface area contributed by atoms with Crippen LogP contribution in [0.15, 0.2) is 46.0 Å². The van der Waals surface area contributed by atoms with Crippen LogP contribution in [0.2, 0.25) is 0 Å². The predicted molar refractivity (Wildman–Crippen MR) is 122 cm³/mol. The second-order valence-corrected chi connectivity index (χ2v) is 10.4. The van der Waals surface area contributed by atoms with Gasteiger partial charge >= 0.3 is 0 Å². The van der Waals surface area contributed by atoms with E-state index in [0.717, 1.165) is 11.1 Å². The summed E-state index contributed by atoms with van der Waals surface area (Å²) in [5.41, 5.74) is 0.150. The SMILES string of the molecule is CC(C)=CCC1(CC=C(C)C)C(=O)C(C(=O)CC(C)C)=C2OC(C(C)(C)O)CC2=C1O. The molecule has 2 N–H and O–H groups in total. The number of rotatable bonds is 8. The van der Waals surface area contributed by atoms with Crippen LogP contribution in [0.4, 0.5) is 0 Å². The van der Waals surface area contributed by atoms with Crippen LogP contribution in [0, 0.1) is 11.3 Å². The largest absolute Gasteiger partial charge is 0.511 e. The van der Waals surface area contributed by atoms with E-state index in [2.05, 4.69) is 0 Å². The molecule has 172 valence electrons. The smallest absolute Gasteiger partial charge is 0.184 e. The van der Waals surface area contributed by atoms with Gasteiger partial charge in [0, 0.05) is 18.4 Å². The van der Waals surface area contributed by atoms with Gasteiger partial charge in [0.25, 0.3) is 0 Å². The monoisotopic (exact) mass is 430 g/mol. The van der Waals surface area contributed by atoms with E-state index in [0.29, 0.717) is 18.4 Å². The summed E-state index contributed by atoms with van der Waals surface area (Å²) in [5, 5.41) is 22.0. The fraction of sp³-hybridized carbons (Fsp3) is 0.615. The second-order valence-electron chi connectivity index (χ2n) is 10.4. The lowest BCUT2D eigenvalue weighted by Crippen LogP contribution is -2.40. The summed E-state index contributed by atoms with van der Waals surface area (Å²) >= 11 is 0. The van der Waals surface area contributed by atoms with Crippen molar-refractivity contribution in [3.63, 3.8) is 0 Å². The van der Waals surface area contributed by atoms with Crippen molar-refractivity contribution in [2.75, 3.05) is 0 Å². The number of hydrogen-bond donors (Lipinski definition) is 2. The molecule has 0 radical (unpaired) electrons. The minimum absolute atomic E-state index is 0.0321. The third-order valence-corrected chi connectivity index (χ3v) is 5.93. The molecule has 0 amide bonds. The number of allylic oxidation sites excluding steroid dienone is 7. The number of Topliss-reactive ketones (excluding diaryl/α,β-unsaturated/α-hetero) is 2. The summed E-state index contributed by atoms with van der Waals surface area (Å²) in [4.78, 5) is 27.2. The highest BCUT2D eigenvalue weighted by Gasteiger charge is 2.54. The number of ketones is 2. The molecule has 5 heteroatoms. The maximum atomic E-state index is 13.9. The lowest BCUT2D eigenvalue weighted by atomic mass is 9.66. The van der Waals surface area contributed by atoms with E-state index in [-0.39, 0.29) is 47.4 Å². The van der Waals surface area contributed by atoms with Crippen molar-refractivity contribution in [1.29, 1.82) is 0 Å². The van der Waals surface area contributed by atoms with E-state index in [4.69, 9.17) is 4.74 Å². The van der Waals surface area contributed by atoms with Gasteiger partial charge in [0.15, 0.2) is 11.6 Å². The highest BCUT2D eigenvalue weighted by molar-refractivity contribution is 6.24. The number of fused-ring (bicyclic) bond motifs is 1. The van der Waals surface area contributed by atoms with Gasteiger partial charge in [-0.2, -0.15) is 0 Å². The van der Waals surface area contributed by atoms with Crippen LogP contribution in [0.1, 0.15) is 81.1 Å². The summed E-state index contributed by atoms with van der Waals surface area (Å²) in [6.07, 6.45) is 4.30. The minimum atomic E-state index is -1.24. The first-order valence-electron chi connectivity index (χ1n) is 11.1. The van der Waals surface area contributed by atoms with Crippen LogP contribution >= 0.6 is 0 Å². The van der Waals surface area contributed by atoms with Crippen molar-refractivity contribution in [3.05, 3.63) is 46.0 Å². The van der Waals surface area contributed by atoms with Crippen LogP contribution in [0.3, 0.4) is 0 Å². The molecule has 1 fully saturated rings. The van der Waals surface area contributed by atoms with Crippen molar-refractivity contribution in [2.45, 2.75) is 92.8 Å². The highest BCUT2D eigenvalue weighted by Crippen LogP contribution is 2.51. The predicted octanol–water partition coefficient (Wildman–Crippen LogP) is 5.51. The van der Waals surface area contributed by atoms with Crippen molar-refractivity contribution < 1.29 is 24.5 Å². The van der Waals surface area contributed by atoms with Crippen molar-refractivity contribution in [2.24, 2.45) is 11.3 Å². The first-order chi connectivity index (χ1) is 14.2. The molecule has 0 aromatic rings. The molecule has 1 saturated heterocycles. The van der Waals surface area contributed by atoms with Gasteiger partial charge in [-0.25, -0.2) is 0 Å². The molecule has 2 aliphatic rings. The third kappa shape index (κ3) is 5.20. The van der Waals surface area contributed by atoms with Crippen molar-refractivity contribution in [3.8, 4) is 0 Å². The number of carbonyl (C=O) groups is 2. The van der Waals surface area contributed by atoms with Crippen molar-refractivity contribution in [1.82, 2.24) is 0 Å². The van der Waals surface area contributed by atoms with Gasteiger partial charge in [0.05, 0.1) is 11.0 Å². The molecule has 1 aliphatic heterocycles. The molecule has 1 atom stereocenters. The van der Waals surface area contributed by atoms with E-state index < -0.39 is 17.1 Å².